The molecule has 0 bridgehead atoms. The van der Waals surface area contributed by atoms with E-state index in [0.717, 1.165) is 0 Å². The monoisotopic (exact) mass is 227 g/mol. The van der Waals surface area contributed by atoms with Crippen LogP contribution in [0.4, 0.5) is 0 Å². The Morgan fingerprint density at radius 3 is 1.75 bits per heavy atom. The lowest BCUT2D eigenvalue weighted by atomic mass is 10.2. The van der Waals surface area contributed by atoms with Gasteiger partial charge < -0.3 is 10.5 Å². The first-order chi connectivity index (χ1) is 7.57. The van der Waals surface area contributed by atoms with Crippen molar-refractivity contribution in [1.82, 2.24) is 0 Å². The van der Waals surface area contributed by atoms with Crippen LogP contribution in [0.15, 0.2) is 30.3 Å². The molecule has 0 unspecified atom stereocenters. The molecular weight excluding hydrogens is 206 g/mol. The third kappa shape index (κ3) is 10.2. The number of rotatable bonds is 1. The number of hydrogen-bond acceptors (Lipinski definition) is 3. The molecule has 0 saturated heterocycles. The summed E-state index contributed by atoms with van der Waals surface area (Å²) in [5.41, 5.74) is 5.53. The minimum Gasteiger partial charge on any atom is -0.469 e. The molecule has 1 aromatic carbocycles. The molecule has 0 aliphatic carbocycles. The van der Waals surface area contributed by atoms with Crippen LogP contribution in [0.25, 0.3) is 0 Å². The second kappa shape index (κ2) is 11.2. The van der Waals surface area contributed by atoms with Crippen LogP contribution in [-0.2, 0) is 9.53 Å². The van der Waals surface area contributed by atoms with E-state index < -0.39 is 0 Å². The summed E-state index contributed by atoms with van der Waals surface area (Å²) in [4.78, 5) is 20.0. The number of benzene rings is 1. The highest BCUT2D eigenvalue weighted by Crippen LogP contribution is 1.94. The van der Waals surface area contributed by atoms with Crippen LogP contribution >= 0.6 is 0 Å². The minimum absolute atomic E-state index is 0. The van der Waals surface area contributed by atoms with E-state index in [1.807, 2.05) is 19.9 Å². The van der Waals surface area contributed by atoms with Gasteiger partial charge in [0.2, 0.25) is 5.91 Å². The summed E-state index contributed by atoms with van der Waals surface area (Å²) in [5.74, 6) is -0.624. The summed E-state index contributed by atoms with van der Waals surface area (Å²) in [5, 5.41) is 0. The van der Waals surface area contributed by atoms with Gasteiger partial charge in [0.05, 0.1) is 7.11 Å². The first kappa shape index (κ1) is 16.6. The summed E-state index contributed by atoms with van der Waals surface area (Å²) in [7, 11) is 1.35. The van der Waals surface area contributed by atoms with E-state index in [9.17, 15) is 9.59 Å². The van der Waals surface area contributed by atoms with Crippen LogP contribution in [0.1, 0.15) is 32.6 Å². The van der Waals surface area contributed by atoms with Crippen molar-refractivity contribution >= 4 is 11.9 Å². The number of primary amides is 1. The molecule has 16 heavy (non-hydrogen) atoms. The summed E-state index contributed by atoms with van der Waals surface area (Å²) >= 11 is 0. The zero-order chi connectivity index (χ0) is 13.0. The molecule has 0 aliphatic heterocycles. The second-order valence-corrected chi connectivity index (χ2v) is 2.43. The summed E-state index contributed by atoms with van der Waals surface area (Å²) < 4.78 is 4.11. The molecule has 0 heterocycles. The highest BCUT2D eigenvalue weighted by molar-refractivity contribution is 5.92. The molecule has 4 nitrogen and oxygen atoms in total. The first-order valence-corrected chi connectivity index (χ1v) is 4.97. The smallest absolute Gasteiger partial charge is 0.302 e. The Balaban J connectivity index is -0.000000213. The summed E-state index contributed by atoms with van der Waals surface area (Å²) in [6, 6.07) is 8.76. The third-order valence-corrected chi connectivity index (χ3v) is 1.35. The Morgan fingerprint density at radius 1 is 1.19 bits per heavy atom. The van der Waals surface area contributed by atoms with Gasteiger partial charge in [0.25, 0.3) is 0 Å². The van der Waals surface area contributed by atoms with Crippen molar-refractivity contribution in [2.75, 3.05) is 7.11 Å². The lowest BCUT2D eigenvalue weighted by molar-refractivity contribution is -0.137. The Bertz CT molecular complexity index is 302. The van der Waals surface area contributed by atoms with Gasteiger partial charge in [-0.2, -0.15) is 0 Å². The minimum atomic E-state index is -0.379. The molecule has 0 radical (unpaired) electrons. The molecule has 1 amide bonds. The third-order valence-electron chi connectivity index (χ3n) is 1.35. The van der Waals surface area contributed by atoms with E-state index in [1.165, 1.54) is 14.0 Å². The van der Waals surface area contributed by atoms with Crippen LogP contribution < -0.4 is 5.73 Å². The number of amides is 1. The number of methoxy groups -OCH3 is 1. The van der Waals surface area contributed by atoms with E-state index in [2.05, 4.69) is 4.74 Å². The van der Waals surface area contributed by atoms with Crippen molar-refractivity contribution in [3.8, 4) is 0 Å². The molecule has 0 saturated carbocycles. The Kier molecular flexibility index (Phi) is 11.6. The number of carbonyl (C=O) groups is 2. The fourth-order valence-corrected chi connectivity index (χ4v) is 0.602. The zero-order valence-electron chi connectivity index (χ0n) is 10.2. The standard InChI is InChI=1S/C7H7NO.C3H6O2.C2H6.H2/c8-7(9)6-4-2-1-3-5-6;1-3(4)5-2;1-2;/h1-5H,(H2,8,9);1-2H3;1-2H3;1H. The van der Waals surface area contributed by atoms with E-state index in [0.29, 0.717) is 5.56 Å². The molecule has 0 aliphatic rings. The number of nitrogens with two attached hydrogens (primary N) is 1. The van der Waals surface area contributed by atoms with Crippen molar-refractivity contribution in [3.05, 3.63) is 35.9 Å². The van der Waals surface area contributed by atoms with Gasteiger partial charge in [-0.1, -0.05) is 32.0 Å². The van der Waals surface area contributed by atoms with Crippen molar-refractivity contribution < 1.29 is 15.8 Å². The topological polar surface area (TPSA) is 69.4 Å². The van der Waals surface area contributed by atoms with Crippen LogP contribution in [0.5, 0.6) is 0 Å². The van der Waals surface area contributed by atoms with Crippen molar-refractivity contribution in [3.63, 3.8) is 0 Å². The van der Waals surface area contributed by atoms with Crippen molar-refractivity contribution in [2.45, 2.75) is 20.8 Å². The number of ether oxygens (including phenoxy) is 1. The fraction of sp³-hybridized carbons (Fsp3) is 0.333. The average Bonchev–Trinajstić information content (AvgIpc) is 2.33. The van der Waals surface area contributed by atoms with E-state index in [4.69, 9.17) is 5.73 Å². The van der Waals surface area contributed by atoms with Gasteiger partial charge in [-0.05, 0) is 12.1 Å². The first-order valence-electron chi connectivity index (χ1n) is 4.97. The maximum Gasteiger partial charge on any atom is 0.302 e. The lowest BCUT2D eigenvalue weighted by Crippen LogP contribution is -2.09. The lowest BCUT2D eigenvalue weighted by Gasteiger charge is -1.89. The van der Waals surface area contributed by atoms with Crippen LogP contribution in [0, 0.1) is 0 Å². The number of carbonyl (C=O) groups excluding carboxylic acids is 2. The van der Waals surface area contributed by atoms with E-state index >= 15 is 0 Å². The zero-order valence-corrected chi connectivity index (χ0v) is 10.2. The van der Waals surface area contributed by atoms with E-state index in [1.54, 1.807) is 24.3 Å². The maximum absolute atomic E-state index is 10.4. The highest BCUT2D eigenvalue weighted by atomic mass is 16.5. The predicted molar refractivity (Wildman–Crippen MR) is 66.1 cm³/mol. The summed E-state index contributed by atoms with van der Waals surface area (Å²) in [6.45, 7) is 5.36. The summed E-state index contributed by atoms with van der Waals surface area (Å²) in [6.07, 6.45) is 0. The number of esters is 1. The molecule has 4 heteroatoms. The normalized spacial score (nSPS) is 7.50. The van der Waals surface area contributed by atoms with Crippen molar-refractivity contribution in [2.24, 2.45) is 5.73 Å². The van der Waals surface area contributed by atoms with E-state index in [-0.39, 0.29) is 13.3 Å². The predicted octanol–water partition coefficient (Wildman–Crippen LogP) is 2.24. The SMILES string of the molecule is CC.COC(C)=O.NC(=O)c1ccccc1.[HH]. The Hall–Kier alpha value is -1.84. The van der Waals surface area contributed by atoms with Gasteiger partial charge in [-0.15, -0.1) is 0 Å². The van der Waals surface area contributed by atoms with Gasteiger partial charge in [-0.25, -0.2) is 0 Å². The van der Waals surface area contributed by atoms with Gasteiger partial charge >= 0.3 is 5.97 Å². The van der Waals surface area contributed by atoms with Gasteiger partial charge in [-0.3, -0.25) is 9.59 Å². The fourth-order valence-electron chi connectivity index (χ4n) is 0.602. The molecule has 0 aromatic heterocycles. The van der Waals surface area contributed by atoms with Crippen molar-refractivity contribution in [1.29, 1.82) is 0 Å². The molecular formula is C12H21NO3. The molecule has 0 spiro atoms. The molecule has 1 aromatic rings. The quantitative estimate of drug-likeness (QED) is 0.748. The van der Waals surface area contributed by atoms with Crippen LogP contribution in [-0.4, -0.2) is 19.0 Å². The number of hydrogen-bond donors (Lipinski definition) is 1. The van der Waals surface area contributed by atoms with Gasteiger partial charge in [0.15, 0.2) is 0 Å². The van der Waals surface area contributed by atoms with Gasteiger partial charge in [0.1, 0.15) is 0 Å². The Morgan fingerprint density at radius 2 is 1.56 bits per heavy atom. The van der Waals surface area contributed by atoms with Crippen LogP contribution in [0.3, 0.4) is 0 Å². The largest absolute Gasteiger partial charge is 0.469 e. The average molecular weight is 227 g/mol. The Labute approximate surface area is 97.9 Å². The molecule has 0 atom stereocenters. The highest BCUT2D eigenvalue weighted by Gasteiger charge is 1.93. The molecule has 92 valence electrons. The molecule has 1 rings (SSSR count). The second-order valence-electron chi connectivity index (χ2n) is 2.43. The molecule has 2 N–H and O–H groups in total. The van der Waals surface area contributed by atoms with Gasteiger partial charge in [0, 0.05) is 13.9 Å². The maximum atomic E-state index is 10.4. The molecule has 0 fully saturated rings. The van der Waals surface area contributed by atoms with Crippen LogP contribution in [0.2, 0.25) is 0 Å².